The molecule has 0 aliphatic heterocycles. The monoisotopic (exact) mass is 319 g/mol. The molecule has 0 saturated carbocycles. The van der Waals surface area contributed by atoms with Crippen molar-refractivity contribution < 1.29 is 9.32 Å². The topological polar surface area (TPSA) is 96.7 Å². The van der Waals surface area contributed by atoms with Crippen molar-refractivity contribution in [2.24, 2.45) is 5.92 Å². The highest BCUT2D eigenvalue weighted by molar-refractivity contribution is 6.31. The van der Waals surface area contributed by atoms with Crippen LogP contribution in [0.25, 0.3) is 10.9 Å². The molecule has 2 N–H and O–H groups in total. The fourth-order valence-corrected chi connectivity index (χ4v) is 2.39. The molecule has 8 heteroatoms. The van der Waals surface area contributed by atoms with E-state index in [-0.39, 0.29) is 23.6 Å². The van der Waals surface area contributed by atoms with Gasteiger partial charge in [-0.05, 0) is 24.1 Å². The van der Waals surface area contributed by atoms with Crippen LogP contribution in [-0.4, -0.2) is 26.2 Å². The maximum Gasteiger partial charge on any atom is 0.273 e. The van der Waals surface area contributed by atoms with Gasteiger partial charge in [-0.15, -0.1) is 0 Å². The van der Waals surface area contributed by atoms with Gasteiger partial charge in [-0.2, -0.15) is 10.1 Å². The summed E-state index contributed by atoms with van der Waals surface area (Å²) in [5.41, 5.74) is 1.03. The van der Waals surface area contributed by atoms with Crippen LogP contribution in [-0.2, 0) is 0 Å². The number of rotatable bonds is 4. The van der Waals surface area contributed by atoms with Gasteiger partial charge in [0.15, 0.2) is 11.5 Å². The Labute approximate surface area is 131 Å². The summed E-state index contributed by atoms with van der Waals surface area (Å²) in [6.45, 7) is 3.92. The van der Waals surface area contributed by atoms with Crippen LogP contribution in [0, 0.1) is 5.92 Å². The van der Waals surface area contributed by atoms with Gasteiger partial charge in [0.25, 0.3) is 5.91 Å². The molecule has 0 spiro atoms. The maximum absolute atomic E-state index is 12.5. The van der Waals surface area contributed by atoms with Gasteiger partial charge in [-0.25, -0.2) is 0 Å². The molecule has 22 heavy (non-hydrogen) atoms. The number of H-pyrrole nitrogens is 1. The van der Waals surface area contributed by atoms with Gasteiger partial charge in [0.1, 0.15) is 0 Å². The third kappa shape index (κ3) is 2.67. The maximum atomic E-state index is 12.5. The van der Waals surface area contributed by atoms with Crippen LogP contribution in [0.1, 0.15) is 36.2 Å². The molecule has 2 aromatic heterocycles. The average molecular weight is 320 g/mol. The Kier molecular flexibility index (Phi) is 3.81. The van der Waals surface area contributed by atoms with Crippen molar-refractivity contribution in [3.8, 4) is 0 Å². The number of halogens is 1. The highest BCUT2D eigenvalue weighted by atomic mass is 35.5. The summed E-state index contributed by atoms with van der Waals surface area (Å²) >= 11 is 5.98. The molecular formula is C14H14ClN5O2. The minimum absolute atomic E-state index is 0.0929. The van der Waals surface area contributed by atoms with Crippen molar-refractivity contribution in [2.75, 3.05) is 0 Å². The molecule has 0 aliphatic carbocycles. The van der Waals surface area contributed by atoms with Gasteiger partial charge in [-0.3, -0.25) is 9.89 Å². The first-order chi connectivity index (χ1) is 10.6. The normalized spacial score (nSPS) is 12.7. The lowest BCUT2D eigenvalue weighted by Gasteiger charge is -2.18. The number of aromatic amines is 1. The SMILES string of the molecule is CC(C)C(NC(=O)c1n[nH]c2ccc(Cl)cc12)c1ncon1. The molecular weight excluding hydrogens is 306 g/mol. The van der Waals surface area contributed by atoms with Crippen LogP contribution in [0.5, 0.6) is 0 Å². The van der Waals surface area contributed by atoms with Crippen LogP contribution in [0.2, 0.25) is 5.02 Å². The van der Waals surface area contributed by atoms with Crippen molar-refractivity contribution in [3.05, 3.63) is 41.1 Å². The molecule has 1 unspecified atom stereocenters. The Bertz CT molecular complexity index is 797. The summed E-state index contributed by atoms with van der Waals surface area (Å²) in [7, 11) is 0. The predicted octanol–water partition coefficient (Wildman–Crippen LogP) is 2.73. The number of carbonyl (C=O) groups is 1. The summed E-state index contributed by atoms with van der Waals surface area (Å²) in [6.07, 6.45) is 1.24. The number of amides is 1. The third-order valence-corrected chi connectivity index (χ3v) is 3.58. The van der Waals surface area contributed by atoms with Crippen LogP contribution >= 0.6 is 11.6 Å². The standard InChI is InChI=1S/C14H14ClN5O2/c1-7(2)11(13-16-6-22-20-13)17-14(21)12-9-5-8(15)3-4-10(9)18-19-12/h3-7,11H,1-2H3,(H,17,21)(H,18,19). The highest BCUT2D eigenvalue weighted by Gasteiger charge is 2.25. The van der Waals surface area contributed by atoms with E-state index in [2.05, 4.69) is 25.7 Å². The molecule has 3 aromatic rings. The number of fused-ring (bicyclic) bond motifs is 1. The van der Waals surface area contributed by atoms with Crippen molar-refractivity contribution in [3.63, 3.8) is 0 Å². The van der Waals surface area contributed by atoms with E-state index in [1.807, 2.05) is 13.8 Å². The minimum Gasteiger partial charge on any atom is -0.343 e. The molecule has 1 amide bonds. The Balaban J connectivity index is 1.90. The molecule has 0 radical (unpaired) electrons. The summed E-state index contributed by atoms with van der Waals surface area (Å²) in [4.78, 5) is 16.5. The molecule has 1 atom stereocenters. The van der Waals surface area contributed by atoms with E-state index in [4.69, 9.17) is 16.1 Å². The van der Waals surface area contributed by atoms with Gasteiger partial charge in [-0.1, -0.05) is 30.6 Å². The lowest BCUT2D eigenvalue weighted by Crippen LogP contribution is -2.32. The second-order valence-electron chi connectivity index (χ2n) is 5.25. The zero-order valence-electron chi connectivity index (χ0n) is 12.0. The number of benzene rings is 1. The summed E-state index contributed by atoms with van der Waals surface area (Å²) in [6, 6.07) is 4.85. The number of hydrogen-bond donors (Lipinski definition) is 2. The first kappa shape index (κ1) is 14.5. The van der Waals surface area contributed by atoms with E-state index in [0.29, 0.717) is 16.2 Å². The van der Waals surface area contributed by atoms with E-state index < -0.39 is 0 Å². The van der Waals surface area contributed by atoms with Gasteiger partial charge in [0, 0.05) is 10.4 Å². The Morgan fingerprint density at radius 2 is 2.23 bits per heavy atom. The molecule has 1 aromatic carbocycles. The smallest absolute Gasteiger partial charge is 0.273 e. The first-order valence-electron chi connectivity index (χ1n) is 6.77. The first-order valence-corrected chi connectivity index (χ1v) is 7.15. The molecule has 0 saturated heterocycles. The number of hydrogen-bond acceptors (Lipinski definition) is 5. The summed E-state index contributed by atoms with van der Waals surface area (Å²) in [5.74, 6) is 0.202. The van der Waals surface area contributed by atoms with Gasteiger partial charge < -0.3 is 9.84 Å². The van der Waals surface area contributed by atoms with Crippen molar-refractivity contribution in [1.29, 1.82) is 0 Å². The van der Waals surface area contributed by atoms with Crippen molar-refractivity contribution in [1.82, 2.24) is 25.7 Å². The van der Waals surface area contributed by atoms with Crippen molar-refractivity contribution >= 4 is 28.4 Å². The number of nitrogens with one attached hydrogen (secondary N) is 2. The quantitative estimate of drug-likeness (QED) is 0.770. The van der Waals surface area contributed by atoms with Crippen LogP contribution in [0.15, 0.2) is 29.1 Å². The second-order valence-corrected chi connectivity index (χ2v) is 5.68. The van der Waals surface area contributed by atoms with E-state index in [1.165, 1.54) is 6.39 Å². The lowest BCUT2D eigenvalue weighted by molar-refractivity contribution is 0.0919. The average Bonchev–Trinajstić information content (AvgIpc) is 3.13. The van der Waals surface area contributed by atoms with E-state index in [9.17, 15) is 4.79 Å². The number of aromatic nitrogens is 4. The molecule has 7 nitrogen and oxygen atoms in total. The Morgan fingerprint density at radius 1 is 1.41 bits per heavy atom. The summed E-state index contributed by atoms with van der Waals surface area (Å²) < 4.78 is 4.75. The van der Waals surface area contributed by atoms with Gasteiger partial charge in [0.05, 0.1) is 11.6 Å². The molecule has 2 heterocycles. The van der Waals surface area contributed by atoms with Gasteiger partial charge in [0.2, 0.25) is 6.39 Å². The molecule has 0 bridgehead atoms. The fourth-order valence-electron chi connectivity index (χ4n) is 2.21. The molecule has 3 rings (SSSR count). The number of nitrogens with zero attached hydrogens (tertiary/aromatic N) is 3. The van der Waals surface area contributed by atoms with Crippen LogP contribution < -0.4 is 5.32 Å². The summed E-state index contributed by atoms with van der Waals surface area (Å²) in [5, 5.41) is 14.8. The van der Waals surface area contributed by atoms with Crippen molar-refractivity contribution in [2.45, 2.75) is 19.9 Å². The van der Waals surface area contributed by atoms with Gasteiger partial charge >= 0.3 is 0 Å². The molecule has 0 aliphatic rings. The Morgan fingerprint density at radius 3 is 2.91 bits per heavy atom. The van der Waals surface area contributed by atoms with E-state index >= 15 is 0 Å². The molecule has 114 valence electrons. The third-order valence-electron chi connectivity index (χ3n) is 3.35. The molecule has 0 fully saturated rings. The lowest BCUT2D eigenvalue weighted by atomic mass is 10.0. The zero-order valence-corrected chi connectivity index (χ0v) is 12.8. The van der Waals surface area contributed by atoms with Crippen LogP contribution in [0.3, 0.4) is 0 Å². The second kappa shape index (κ2) is 5.76. The minimum atomic E-state index is -0.364. The highest BCUT2D eigenvalue weighted by Crippen LogP contribution is 2.23. The fraction of sp³-hybridized carbons (Fsp3) is 0.286. The van der Waals surface area contributed by atoms with Crippen LogP contribution in [0.4, 0.5) is 0 Å². The zero-order chi connectivity index (χ0) is 15.7. The van der Waals surface area contributed by atoms with E-state index in [1.54, 1.807) is 18.2 Å². The van der Waals surface area contributed by atoms with E-state index in [0.717, 1.165) is 5.52 Å². The Hall–Kier alpha value is -2.41. The largest absolute Gasteiger partial charge is 0.343 e. The predicted molar refractivity (Wildman–Crippen MR) is 80.4 cm³/mol. The number of carbonyl (C=O) groups excluding carboxylic acids is 1.